The Morgan fingerprint density at radius 3 is 0.766 bits per heavy atom. The molecule has 0 bridgehead atoms. The average Bonchev–Trinajstić information content (AvgIpc) is 3.30. The number of carbonyl (C=O) groups is 1. The molecule has 0 N–H and O–H groups in total. The van der Waals surface area contributed by atoms with Crippen molar-refractivity contribution in [3.05, 3.63) is 24.3 Å². The maximum absolute atomic E-state index is 11.5. The standard InChI is InChI=1S/C36H70O.C25H50O2/c1-3-5-7-9-11-13-15-17-19-21-23-25-27-29-31-33-35-37-36-34-32-30-28-26-24-22-20-18-16-14-12-10-8-6-4-2;1-3-5-7-9-10-11-12-13-14-15-16-17-18-19-20-22-24-27-25(26)23-21-8-6-4-2/h17-20H,3-16,21-36H2,1-2H3;3-24H2,1-2H3. The van der Waals surface area contributed by atoms with E-state index in [1.54, 1.807) is 0 Å². The molecule has 0 aromatic carbocycles. The van der Waals surface area contributed by atoms with Gasteiger partial charge in [-0.1, -0.05) is 283 Å². The summed E-state index contributed by atoms with van der Waals surface area (Å²) in [6.07, 6.45) is 75.3. The summed E-state index contributed by atoms with van der Waals surface area (Å²) in [4.78, 5) is 11.5. The first-order chi connectivity index (χ1) is 31.7. The van der Waals surface area contributed by atoms with E-state index in [4.69, 9.17) is 9.47 Å². The molecule has 0 aliphatic heterocycles. The fourth-order valence-corrected chi connectivity index (χ4v) is 8.61. The number of hydrogen-bond acceptors (Lipinski definition) is 3. The van der Waals surface area contributed by atoms with Crippen molar-refractivity contribution >= 4 is 5.97 Å². The van der Waals surface area contributed by atoms with Crippen molar-refractivity contribution in [3.63, 3.8) is 0 Å². The van der Waals surface area contributed by atoms with Crippen LogP contribution in [-0.4, -0.2) is 25.8 Å². The summed E-state index contributed by atoms with van der Waals surface area (Å²) in [5.41, 5.74) is 0. The van der Waals surface area contributed by atoms with Crippen LogP contribution in [-0.2, 0) is 14.3 Å². The van der Waals surface area contributed by atoms with E-state index < -0.39 is 0 Å². The highest BCUT2D eigenvalue weighted by molar-refractivity contribution is 5.69. The van der Waals surface area contributed by atoms with Crippen molar-refractivity contribution in [3.8, 4) is 0 Å². The van der Waals surface area contributed by atoms with Crippen LogP contribution >= 0.6 is 0 Å². The van der Waals surface area contributed by atoms with E-state index in [0.717, 1.165) is 32.5 Å². The summed E-state index contributed by atoms with van der Waals surface area (Å²) in [5.74, 6) is 0.00654. The van der Waals surface area contributed by atoms with Crippen molar-refractivity contribution < 1.29 is 14.3 Å². The largest absolute Gasteiger partial charge is 0.466 e. The van der Waals surface area contributed by atoms with Gasteiger partial charge in [-0.3, -0.25) is 4.79 Å². The van der Waals surface area contributed by atoms with Gasteiger partial charge in [-0.05, 0) is 77.0 Å². The van der Waals surface area contributed by atoms with Crippen LogP contribution in [0.1, 0.15) is 342 Å². The smallest absolute Gasteiger partial charge is 0.305 e. The van der Waals surface area contributed by atoms with Crippen LogP contribution in [0.2, 0.25) is 0 Å². The molecule has 0 aromatic rings. The summed E-state index contributed by atoms with van der Waals surface area (Å²) in [6.45, 7) is 11.6. The van der Waals surface area contributed by atoms with Crippen molar-refractivity contribution in [2.75, 3.05) is 19.8 Å². The van der Waals surface area contributed by atoms with E-state index in [9.17, 15) is 4.79 Å². The molecule has 0 aliphatic rings. The lowest BCUT2D eigenvalue weighted by atomic mass is 10.0. The van der Waals surface area contributed by atoms with Crippen LogP contribution < -0.4 is 0 Å². The van der Waals surface area contributed by atoms with Crippen LogP contribution in [0.5, 0.6) is 0 Å². The summed E-state index contributed by atoms with van der Waals surface area (Å²) in [6, 6.07) is 0. The second-order valence-electron chi connectivity index (χ2n) is 19.8. The van der Waals surface area contributed by atoms with Crippen LogP contribution in [0.25, 0.3) is 0 Å². The van der Waals surface area contributed by atoms with Crippen LogP contribution in [0.4, 0.5) is 0 Å². The van der Waals surface area contributed by atoms with E-state index in [1.165, 1.54) is 289 Å². The van der Waals surface area contributed by atoms with Gasteiger partial charge in [-0.25, -0.2) is 0 Å². The molecule has 0 amide bonds. The van der Waals surface area contributed by atoms with E-state index in [2.05, 4.69) is 52.0 Å². The van der Waals surface area contributed by atoms with Gasteiger partial charge in [0, 0.05) is 19.6 Å². The van der Waals surface area contributed by atoms with Gasteiger partial charge in [0.1, 0.15) is 0 Å². The van der Waals surface area contributed by atoms with Crippen LogP contribution in [0.3, 0.4) is 0 Å². The molecule has 3 heteroatoms. The fourth-order valence-electron chi connectivity index (χ4n) is 8.61. The van der Waals surface area contributed by atoms with E-state index in [0.29, 0.717) is 13.0 Å². The zero-order chi connectivity index (χ0) is 46.6. The molecule has 0 aromatic heterocycles. The molecule has 0 atom stereocenters. The lowest BCUT2D eigenvalue weighted by molar-refractivity contribution is -0.143. The molecule has 0 rings (SSSR count). The first kappa shape index (κ1) is 65.0. The average molecular weight is 902 g/mol. The summed E-state index contributed by atoms with van der Waals surface area (Å²) >= 11 is 0. The zero-order valence-electron chi connectivity index (χ0n) is 44.8. The van der Waals surface area contributed by atoms with Crippen molar-refractivity contribution in [1.82, 2.24) is 0 Å². The highest BCUT2D eigenvalue weighted by Gasteiger charge is 2.02. The summed E-state index contributed by atoms with van der Waals surface area (Å²) < 4.78 is 11.2. The molecule has 3 nitrogen and oxygen atoms in total. The highest BCUT2D eigenvalue weighted by atomic mass is 16.5. The quantitative estimate of drug-likeness (QED) is 0.0347. The molecule has 64 heavy (non-hydrogen) atoms. The number of unbranched alkanes of at least 4 members (excludes halogenated alkanes) is 42. The van der Waals surface area contributed by atoms with Gasteiger partial charge >= 0.3 is 5.97 Å². The predicted octanol–water partition coefficient (Wildman–Crippen LogP) is 21.8. The molecule has 0 fully saturated rings. The lowest BCUT2D eigenvalue weighted by Gasteiger charge is -2.05. The molecule has 0 saturated carbocycles. The van der Waals surface area contributed by atoms with Crippen molar-refractivity contribution in [2.24, 2.45) is 0 Å². The first-order valence-electron chi connectivity index (χ1n) is 29.8. The van der Waals surface area contributed by atoms with Gasteiger partial charge in [-0.15, -0.1) is 0 Å². The van der Waals surface area contributed by atoms with Crippen LogP contribution in [0.15, 0.2) is 24.3 Å². The second kappa shape index (κ2) is 64.0. The zero-order valence-corrected chi connectivity index (χ0v) is 44.8. The third-order valence-electron chi connectivity index (χ3n) is 13.1. The number of ether oxygens (including phenoxy) is 2. The minimum Gasteiger partial charge on any atom is -0.466 e. The molecule has 0 unspecified atom stereocenters. The fraction of sp³-hybridized carbons (Fsp3) is 0.918. The van der Waals surface area contributed by atoms with Gasteiger partial charge in [0.2, 0.25) is 0 Å². The van der Waals surface area contributed by atoms with Gasteiger partial charge in [-0.2, -0.15) is 0 Å². The number of hydrogen-bond donors (Lipinski definition) is 0. The SMILES string of the molecule is CCCCCCCCC=CCCCCCCCCOCCCCCCCCC=CCCCCCCCC.CCCCCCCCCCCCCCCCCCOC(=O)CCCCCC. The Bertz CT molecular complexity index is 824. The molecular weight excluding hydrogens is 781 g/mol. The van der Waals surface area contributed by atoms with Crippen LogP contribution in [0, 0.1) is 0 Å². The monoisotopic (exact) mass is 901 g/mol. The first-order valence-corrected chi connectivity index (χ1v) is 29.8. The number of carbonyl (C=O) groups excluding carboxylic acids is 1. The molecule has 0 spiro atoms. The molecule has 0 radical (unpaired) electrons. The molecule has 0 saturated heterocycles. The predicted molar refractivity (Wildman–Crippen MR) is 289 cm³/mol. The van der Waals surface area contributed by atoms with E-state index in [-0.39, 0.29) is 5.97 Å². The maximum Gasteiger partial charge on any atom is 0.305 e. The molecule has 382 valence electrons. The lowest BCUT2D eigenvalue weighted by Crippen LogP contribution is -2.05. The Kier molecular flexibility index (Phi) is 65.0. The van der Waals surface area contributed by atoms with Gasteiger partial charge < -0.3 is 9.47 Å². The Balaban J connectivity index is 0. The maximum atomic E-state index is 11.5. The number of allylic oxidation sites excluding steroid dienone is 4. The number of esters is 1. The Hall–Kier alpha value is -1.09. The Morgan fingerprint density at radius 2 is 0.484 bits per heavy atom. The topological polar surface area (TPSA) is 35.5 Å². The summed E-state index contributed by atoms with van der Waals surface area (Å²) in [7, 11) is 0. The van der Waals surface area contributed by atoms with Crippen molar-refractivity contribution in [1.29, 1.82) is 0 Å². The second-order valence-corrected chi connectivity index (χ2v) is 19.8. The van der Waals surface area contributed by atoms with E-state index in [1.807, 2.05) is 0 Å². The molecule has 0 heterocycles. The Morgan fingerprint density at radius 1 is 0.266 bits per heavy atom. The van der Waals surface area contributed by atoms with Crippen molar-refractivity contribution in [2.45, 2.75) is 342 Å². The highest BCUT2D eigenvalue weighted by Crippen LogP contribution is 2.15. The van der Waals surface area contributed by atoms with Gasteiger partial charge in [0.05, 0.1) is 6.61 Å². The van der Waals surface area contributed by atoms with Gasteiger partial charge in [0.25, 0.3) is 0 Å². The third kappa shape index (κ3) is 65.2. The number of rotatable bonds is 54. The van der Waals surface area contributed by atoms with Gasteiger partial charge in [0.15, 0.2) is 0 Å². The Labute approximate surface area is 405 Å². The molecular formula is C61H120O3. The third-order valence-corrected chi connectivity index (χ3v) is 13.1. The minimum absolute atomic E-state index is 0.00654. The molecule has 0 aliphatic carbocycles. The normalized spacial score (nSPS) is 11.6. The summed E-state index contributed by atoms with van der Waals surface area (Å²) in [5, 5.41) is 0. The minimum atomic E-state index is 0.00654. The van der Waals surface area contributed by atoms with E-state index >= 15 is 0 Å².